The second-order valence-electron chi connectivity index (χ2n) is 3.48. The molecule has 0 aliphatic rings. The van der Waals surface area contributed by atoms with Gasteiger partial charge in [-0.05, 0) is 32.1 Å². The van der Waals surface area contributed by atoms with Crippen molar-refractivity contribution in [3.63, 3.8) is 0 Å². The molecule has 7 heteroatoms. The van der Waals surface area contributed by atoms with Gasteiger partial charge in [-0.2, -0.15) is 0 Å². The summed E-state index contributed by atoms with van der Waals surface area (Å²) in [6, 6.07) is 4.81. The summed E-state index contributed by atoms with van der Waals surface area (Å²) in [5.41, 5.74) is 0.309. The number of hydrogen-bond donors (Lipinski definition) is 2. The average Bonchev–Trinajstić information content (AvgIpc) is 2.25. The third-order valence-corrected chi connectivity index (χ3v) is 4.23. The summed E-state index contributed by atoms with van der Waals surface area (Å²) in [4.78, 5) is 0. The summed E-state index contributed by atoms with van der Waals surface area (Å²) in [6.07, 6.45) is 0.532. The number of halogens is 2. The van der Waals surface area contributed by atoms with Crippen LogP contribution in [0, 0.1) is 0 Å². The van der Waals surface area contributed by atoms with Crippen LogP contribution in [0.4, 0.5) is 5.69 Å². The maximum absolute atomic E-state index is 11.7. The lowest BCUT2D eigenvalue weighted by molar-refractivity contribution is 0.597. The molecule has 0 unspecified atom stereocenters. The van der Waals surface area contributed by atoms with Crippen LogP contribution < -0.4 is 10.0 Å². The molecule has 0 spiro atoms. The predicted octanol–water partition coefficient (Wildman–Crippen LogP) is 2.34. The van der Waals surface area contributed by atoms with E-state index in [0.29, 0.717) is 23.7 Å². The Hall–Kier alpha value is -0.490. The summed E-state index contributed by atoms with van der Waals surface area (Å²) in [5.74, 6) is 0.0384. The lowest BCUT2D eigenvalue weighted by Crippen LogP contribution is -2.20. The summed E-state index contributed by atoms with van der Waals surface area (Å²) in [6.45, 7) is 0.643. The van der Waals surface area contributed by atoms with Gasteiger partial charge in [0, 0.05) is 0 Å². The Labute approximate surface area is 111 Å². The summed E-state index contributed by atoms with van der Waals surface area (Å²) >= 11 is 11.7. The molecule has 96 valence electrons. The van der Waals surface area contributed by atoms with Gasteiger partial charge < -0.3 is 5.32 Å². The highest BCUT2D eigenvalue weighted by molar-refractivity contribution is 7.92. The molecule has 0 atom stereocenters. The van der Waals surface area contributed by atoms with E-state index in [4.69, 9.17) is 23.2 Å². The fraction of sp³-hybridized carbons (Fsp3) is 0.400. The number of anilines is 1. The van der Waals surface area contributed by atoms with E-state index in [1.165, 1.54) is 0 Å². The zero-order valence-electron chi connectivity index (χ0n) is 9.33. The van der Waals surface area contributed by atoms with Crippen molar-refractivity contribution in [1.82, 2.24) is 5.32 Å². The summed E-state index contributed by atoms with van der Waals surface area (Å²) in [5, 5.41) is 3.42. The van der Waals surface area contributed by atoms with Crippen molar-refractivity contribution in [2.75, 3.05) is 24.1 Å². The topological polar surface area (TPSA) is 58.2 Å². The van der Waals surface area contributed by atoms with Crippen molar-refractivity contribution >= 4 is 38.9 Å². The molecule has 2 N–H and O–H groups in total. The predicted molar refractivity (Wildman–Crippen MR) is 72.4 cm³/mol. The number of rotatable bonds is 6. The van der Waals surface area contributed by atoms with Crippen molar-refractivity contribution in [3.8, 4) is 0 Å². The van der Waals surface area contributed by atoms with Gasteiger partial charge >= 0.3 is 0 Å². The van der Waals surface area contributed by atoms with Crippen LogP contribution in [0.1, 0.15) is 6.42 Å². The summed E-state index contributed by atoms with van der Waals surface area (Å²) < 4.78 is 25.8. The Morgan fingerprint density at radius 3 is 2.65 bits per heavy atom. The lowest BCUT2D eigenvalue weighted by atomic mass is 10.3. The monoisotopic (exact) mass is 296 g/mol. The van der Waals surface area contributed by atoms with Crippen molar-refractivity contribution < 1.29 is 8.42 Å². The maximum Gasteiger partial charge on any atom is 0.232 e. The normalized spacial score (nSPS) is 11.5. The molecule has 0 heterocycles. The van der Waals surface area contributed by atoms with Crippen LogP contribution in [-0.4, -0.2) is 27.8 Å². The number of nitrogens with one attached hydrogen (secondary N) is 2. The van der Waals surface area contributed by atoms with E-state index >= 15 is 0 Å². The zero-order valence-corrected chi connectivity index (χ0v) is 11.7. The molecule has 0 bridgehead atoms. The number of benzene rings is 1. The average molecular weight is 297 g/mol. The lowest BCUT2D eigenvalue weighted by Gasteiger charge is -2.10. The van der Waals surface area contributed by atoms with Crippen LogP contribution in [-0.2, 0) is 10.0 Å². The van der Waals surface area contributed by atoms with E-state index in [1.54, 1.807) is 25.2 Å². The molecular formula is C10H14Cl2N2O2S. The third-order valence-electron chi connectivity index (χ3n) is 2.06. The Balaban J connectivity index is 2.73. The molecule has 1 aromatic carbocycles. The molecule has 0 aliphatic carbocycles. The van der Waals surface area contributed by atoms with E-state index < -0.39 is 10.0 Å². The minimum absolute atomic E-state index is 0.0384. The molecule has 0 radical (unpaired) electrons. The van der Waals surface area contributed by atoms with Crippen LogP contribution in [0.2, 0.25) is 10.0 Å². The number of sulfonamides is 1. The molecule has 0 saturated carbocycles. The Kier molecular flexibility index (Phi) is 5.52. The van der Waals surface area contributed by atoms with Gasteiger partial charge in [0.1, 0.15) is 0 Å². The Morgan fingerprint density at radius 2 is 2.00 bits per heavy atom. The molecule has 0 aliphatic heterocycles. The van der Waals surface area contributed by atoms with Gasteiger partial charge in [-0.1, -0.05) is 29.3 Å². The SMILES string of the molecule is CNCCCS(=O)(=O)Nc1cccc(Cl)c1Cl. The molecule has 17 heavy (non-hydrogen) atoms. The van der Waals surface area contributed by atoms with Crippen molar-refractivity contribution in [3.05, 3.63) is 28.2 Å². The highest BCUT2D eigenvalue weighted by Crippen LogP contribution is 2.30. The molecule has 4 nitrogen and oxygen atoms in total. The maximum atomic E-state index is 11.7. The van der Waals surface area contributed by atoms with Gasteiger partial charge in [0.05, 0.1) is 21.5 Å². The largest absolute Gasteiger partial charge is 0.320 e. The first-order chi connectivity index (χ1) is 7.96. The van der Waals surface area contributed by atoms with Crippen molar-refractivity contribution in [2.45, 2.75) is 6.42 Å². The standard InChI is InChI=1S/C10H14Cl2N2O2S/c1-13-6-3-7-17(15,16)14-9-5-2-4-8(11)10(9)12/h2,4-5,13-14H,3,6-7H2,1H3. The zero-order chi connectivity index (χ0) is 12.9. The molecule has 0 aromatic heterocycles. The van der Waals surface area contributed by atoms with Crippen LogP contribution in [0.5, 0.6) is 0 Å². The first-order valence-corrected chi connectivity index (χ1v) is 7.46. The van der Waals surface area contributed by atoms with Gasteiger partial charge in [-0.15, -0.1) is 0 Å². The minimum atomic E-state index is -3.38. The molecule has 0 amide bonds. The fourth-order valence-electron chi connectivity index (χ4n) is 1.24. The first-order valence-electron chi connectivity index (χ1n) is 5.05. The third kappa shape index (κ3) is 4.71. The molecule has 0 fully saturated rings. The quantitative estimate of drug-likeness (QED) is 0.792. The van der Waals surface area contributed by atoms with Crippen LogP contribution in [0.15, 0.2) is 18.2 Å². The fourth-order valence-corrected chi connectivity index (χ4v) is 2.78. The van der Waals surface area contributed by atoms with Gasteiger partial charge in [-0.25, -0.2) is 8.42 Å². The van der Waals surface area contributed by atoms with E-state index in [0.717, 1.165) is 0 Å². The van der Waals surface area contributed by atoms with Gasteiger partial charge in [0.2, 0.25) is 10.0 Å². The van der Waals surface area contributed by atoms with Gasteiger partial charge in [0.25, 0.3) is 0 Å². The molecule has 1 aromatic rings. The molecule has 0 saturated heterocycles. The van der Waals surface area contributed by atoms with Crippen molar-refractivity contribution in [1.29, 1.82) is 0 Å². The first kappa shape index (κ1) is 14.6. The summed E-state index contributed by atoms with van der Waals surface area (Å²) in [7, 11) is -1.61. The van der Waals surface area contributed by atoms with Crippen molar-refractivity contribution in [2.24, 2.45) is 0 Å². The van der Waals surface area contributed by atoms with E-state index in [9.17, 15) is 8.42 Å². The van der Waals surface area contributed by atoms with Crippen LogP contribution >= 0.6 is 23.2 Å². The highest BCUT2D eigenvalue weighted by atomic mass is 35.5. The van der Waals surface area contributed by atoms with Gasteiger partial charge in [0.15, 0.2) is 0 Å². The van der Waals surface area contributed by atoms with Crippen LogP contribution in [0.3, 0.4) is 0 Å². The van der Waals surface area contributed by atoms with E-state index in [1.807, 2.05) is 0 Å². The smallest absolute Gasteiger partial charge is 0.232 e. The highest BCUT2D eigenvalue weighted by Gasteiger charge is 2.13. The molecular weight excluding hydrogens is 283 g/mol. The second kappa shape index (κ2) is 6.44. The van der Waals surface area contributed by atoms with Crippen LogP contribution in [0.25, 0.3) is 0 Å². The Bertz CT molecular complexity index is 477. The minimum Gasteiger partial charge on any atom is -0.320 e. The second-order valence-corrected chi connectivity index (χ2v) is 6.11. The van der Waals surface area contributed by atoms with Gasteiger partial charge in [-0.3, -0.25) is 4.72 Å². The Morgan fingerprint density at radius 1 is 1.29 bits per heavy atom. The van der Waals surface area contributed by atoms with E-state index in [-0.39, 0.29) is 10.8 Å². The van der Waals surface area contributed by atoms with E-state index in [2.05, 4.69) is 10.0 Å². The molecule has 1 rings (SSSR count). The number of hydrogen-bond acceptors (Lipinski definition) is 3.